The minimum Gasteiger partial charge on any atom is -0.390 e. The predicted octanol–water partition coefficient (Wildman–Crippen LogP) is 0.518. The molecule has 0 bridgehead atoms. The standard InChI is InChI=1S/C14H26N4O/c1-13(2)10-16-6-8-17(9-7-16)11-14(19)12-18-5-3-4-15-18/h3-5,13-14,19H,6-12H2,1-2H3. The summed E-state index contributed by atoms with van der Waals surface area (Å²) < 4.78 is 1.79. The first-order valence-electron chi connectivity index (χ1n) is 7.23. The van der Waals surface area contributed by atoms with Crippen molar-refractivity contribution in [2.24, 2.45) is 5.92 Å². The number of rotatable bonds is 6. The number of aromatic nitrogens is 2. The molecule has 0 aromatic carbocycles. The smallest absolute Gasteiger partial charge is 0.0862 e. The second-order valence-electron chi connectivity index (χ2n) is 5.88. The third-order valence-corrected chi connectivity index (χ3v) is 3.51. The van der Waals surface area contributed by atoms with Crippen LogP contribution in [0.15, 0.2) is 18.5 Å². The van der Waals surface area contributed by atoms with Gasteiger partial charge in [-0.3, -0.25) is 9.58 Å². The first kappa shape index (κ1) is 14.5. The van der Waals surface area contributed by atoms with Gasteiger partial charge < -0.3 is 10.0 Å². The summed E-state index contributed by atoms with van der Waals surface area (Å²) in [6, 6.07) is 1.89. The third-order valence-electron chi connectivity index (χ3n) is 3.51. The van der Waals surface area contributed by atoms with E-state index in [4.69, 9.17) is 0 Å². The van der Waals surface area contributed by atoms with E-state index < -0.39 is 0 Å². The molecule has 1 aliphatic heterocycles. The molecule has 1 fully saturated rings. The van der Waals surface area contributed by atoms with Crippen LogP contribution in [0.3, 0.4) is 0 Å². The minimum absolute atomic E-state index is 0.337. The lowest BCUT2D eigenvalue weighted by atomic mass is 10.2. The molecule has 2 rings (SSSR count). The van der Waals surface area contributed by atoms with E-state index in [9.17, 15) is 5.11 Å². The normalized spacial score (nSPS) is 20.0. The highest BCUT2D eigenvalue weighted by molar-refractivity contribution is 4.80. The molecule has 1 saturated heterocycles. The van der Waals surface area contributed by atoms with E-state index in [1.165, 1.54) is 6.54 Å². The number of hydrogen-bond acceptors (Lipinski definition) is 4. The Balaban J connectivity index is 1.67. The van der Waals surface area contributed by atoms with Crippen LogP contribution >= 0.6 is 0 Å². The van der Waals surface area contributed by atoms with Gasteiger partial charge in [-0.25, -0.2) is 0 Å². The van der Waals surface area contributed by atoms with E-state index in [1.807, 2.05) is 12.3 Å². The zero-order valence-corrected chi connectivity index (χ0v) is 12.1. The number of piperazine rings is 1. The highest BCUT2D eigenvalue weighted by Crippen LogP contribution is 2.06. The fraction of sp³-hybridized carbons (Fsp3) is 0.786. The summed E-state index contributed by atoms with van der Waals surface area (Å²) in [5, 5.41) is 14.2. The van der Waals surface area contributed by atoms with Crippen LogP contribution in [-0.4, -0.2) is 70.1 Å². The van der Waals surface area contributed by atoms with Gasteiger partial charge in [0.05, 0.1) is 12.6 Å². The molecule has 19 heavy (non-hydrogen) atoms. The number of aliphatic hydroxyl groups excluding tert-OH is 1. The fourth-order valence-corrected chi connectivity index (χ4v) is 2.65. The first-order chi connectivity index (χ1) is 9.13. The molecule has 108 valence electrons. The van der Waals surface area contributed by atoms with Crippen molar-refractivity contribution in [2.45, 2.75) is 26.5 Å². The number of β-amino-alcohol motifs (C(OH)–C–C–N with tert-alkyl or cyclic N) is 1. The Morgan fingerprint density at radius 1 is 1.05 bits per heavy atom. The van der Waals surface area contributed by atoms with Crippen molar-refractivity contribution >= 4 is 0 Å². The van der Waals surface area contributed by atoms with Crippen molar-refractivity contribution in [3.8, 4) is 0 Å². The quantitative estimate of drug-likeness (QED) is 0.815. The van der Waals surface area contributed by atoms with Crippen LogP contribution in [0.2, 0.25) is 0 Å². The summed E-state index contributed by atoms with van der Waals surface area (Å²) in [6.45, 7) is 11.4. The molecule has 2 heterocycles. The molecule has 1 unspecified atom stereocenters. The van der Waals surface area contributed by atoms with Crippen LogP contribution in [0, 0.1) is 5.92 Å². The topological polar surface area (TPSA) is 44.5 Å². The van der Waals surface area contributed by atoms with Gasteiger partial charge in [-0.1, -0.05) is 13.8 Å². The first-order valence-corrected chi connectivity index (χ1v) is 7.23. The van der Waals surface area contributed by atoms with Crippen molar-refractivity contribution in [1.82, 2.24) is 19.6 Å². The molecule has 1 aromatic heterocycles. The highest BCUT2D eigenvalue weighted by atomic mass is 16.3. The zero-order chi connectivity index (χ0) is 13.7. The largest absolute Gasteiger partial charge is 0.390 e. The maximum atomic E-state index is 10.1. The van der Waals surface area contributed by atoms with Crippen LogP contribution < -0.4 is 0 Å². The molecule has 0 amide bonds. The second-order valence-corrected chi connectivity index (χ2v) is 5.88. The van der Waals surface area contributed by atoms with Crippen LogP contribution in [0.4, 0.5) is 0 Å². The summed E-state index contributed by atoms with van der Waals surface area (Å²) in [5.74, 6) is 0.733. The monoisotopic (exact) mass is 266 g/mol. The Bertz CT molecular complexity index is 344. The van der Waals surface area contributed by atoms with Gasteiger partial charge in [-0.05, 0) is 12.0 Å². The van der Waals surface area contributed by atoms with Crippen LogP contribution in [-0.2, 0) is 6.54 Å². The van der Waals surface area contributed by atoms with Crippen molar-refractivity contribution in [3.63, 3.8) is 0 Å². The van der Waals surface area contributed by atoms with Gasteiger partial charge >= 0.3 is 0 Å². The predicted molar refractivity (Wildman–Crippen MR) is 76.0 cm³/mol. The Kier molecular flexibility index (Phi) is 5.36. The zero-order valence-electron chi connectivity index (χ0n) is 12.1. The second kappa shape index (κ2) is 7.03. The van der Waals surface area contributed by atoms with Gasteiger partial charge in [0.25, 0.3) is 0 Å². The molecular formula is C14H26N4O. The Labute approximate surface area is 115 Å². The molecule has 5 nitrogen and oxygen atoms in total. The molecule has 0 spiro atoms. The van der Waals surface area contributed by atoms with Gasteiger partial charge in [-0.15, -0.1) is 0 Å². The number of aliphatic hydroxyl groups is 1. The molecule has 0 saturated carbocycles. The molecule has 1 aromatic rings. The maximum absolute atomic E-state index is 10.1. The van der Waals surface area contributed by atoms with Gasteiger partial charge in [0.15, 0.2) is 0 Å². The van der Waals surface area contributed by atoms with E-state index >= 15 is 0 Å². The van der Waals surface area contributed by atoms with Crippen LogP contribution in [0.5, 0.6) is 0 Å². The molecule has 0 aliphatic carbocycles. The SMILES string of the molecule is CC(C)CN1CCN(CC(O)Cn2cccn2)CC1. The minimum atomic E-state index is -0.337. The van der Waals surface area contributed by atoms with Crippen LogP contribution in [0.25, 0.3) is 0 Å². The lowest BCUT2D eigenvalue weighted by Gasteiger charge is -2.36. The maximum Gasteiger partial charge on any atom is 0.0862 e. The van der Waals surface area contributed by atoms with Gasteiger partial charge in [0, 0.05) is 51.7 Å². The molecule has 5 heteroatoms. The Morgan fingerprint density at radius 3 is 2.21 bits per heavy atom. The fourth-order valence-electron chi connectivity index (χ4n) is 2.65. The van der Waals surface area contributed by atoms with E-state index in [-0.39, 0.29) is 6.10 Å². The Hall–Kier alpha value is -0.910. The lowest BCUT2D eigenvalue weighted by molar-refractivity contribution is 0.0595. The van der Waals surface area contributed by atoms with Crippen molar-refractivity contribution in [3.05, 3.63) is 18.5 Å². The van der Waals surface area contributed by atoms with Crippen molar-refractivity contribution in [2.75, 3.05) is 39.3 Å². The van der Waals surface area contributed by atoms with E-state index in [0.717, 1.165) is 38.6 Å². The third kappa shape index (κ3) is 4.93. The average Bonchev–Trinajstić information content (AvgIpc) is 2.83. The summed E-state index contributed by atoms with van der Waals surface area (Å²) in [7, 11) is 0. The number of hydrogen-bond donors (Lipinski definition) is 1. The van der Waals surface area contributed by atoms with E-state index in [1.54, 1.807) is 10.9 Å². The highest BCUT2D eigenvalue weighted by Gasteiger charge is 2.19. The van der Waals surface area contributed by atoms with E-state index in [2.05, 4.69) is 28.7 Å². The van der Waals surface area contributed by atoms with Crippen molar-refractivity contribution < 1.29 is 5.11 Å². The molecule has 0 radical (unpaired) electrons. The molecule has 1 aliphatic rings. The summed E-state index contributed by atoms with van der Waals surface area (Å²) in [5.41, 5.74) is 0. The molecular weight excluding hydrogens is 240 g/mol. The van der Waals surface area contributed by atoms with Gasteiger partial charge in [0.2, 0.25) is 0 Å². The molecule has 1 atom stereocenters. The lowest BCUT2D eigenvalue weighted by Crippen LogP contribution is -2.49. The average molecular weight is 266 g/mol. The van der Waals surface area contributed by atoms with Crippen molar-refractivity contribution in [1.29, 1.82) is 0 Å². The van der Waals surface area contributed by atoms with E-state index in [0.29, 0.717) is 6.54 Å². The van der Waals surface area contributed by atoms with Crippen LogP contribution in [0.1, 0.15) is 13.8 Å². The number of nitrogens with zero attached hydrogens (tertiary/aromatic N) is 4. The Morgan fingerprint density at radius 2 is 1.68 bits per heavy atom. The summed E-state index contributed by atoms with van der Waals surface area (Å²) >= 11 is 0. The summed E-state index contributed by atoms with van der Waals surface area (Å²) in [6.07, 6.45) is 3.30. The van der Waals surface area contributed by atoms with Gasteiger partial charge in [0.1, 0.15) is 0 Å². The molecule has 1 N–H and O–H groups in total. The summed E-state index contributed by atoms with van der Waals surface area (Å²) in [4.78, 5) is 4.87. The van der Waals surface area contributed by atoms with Gasteiger partial charge in [-0.2, -0.15) is 5.10 Å².